The highest BCUT2D eigenvalue weighted by molar-refractivity contribution is 7.88. The minimum Gasteiger partial charge on any atom is -0.369 e. The van der Waals surface area contributed by atoms with Gasteiger partial charge in [0.15, 0.2) is 0 Å². The number of aryl methyl sites for hydroxylation is 1. The molecule has 0 aliphatic carbocycles. The molecule has 0 spiro atoms. The number of rotatable bonds is 4. The third-order valence-corrected chi connectivity index (χ3v) is 5.12. The molecule has 2 N–H and O–H groups in total. The van der Waals surface area contributed by atoms with Crippen LogP contribution in [-0.2, 0) is 21.4 Å². The molecule has 1 aliphatic rings. The lowest BCUT2D eigenvalue weighted by Gasteiger charge is -2.21. The molecule has 9 nitrogen and oxygen atoms in total. The van der Waals surface area contributed by atoms with E-state index in [1.54, 1.807) is 10.9 Å². The standard InChI is InChI=1S/C13H21N5O4S/c1-3-17-8-10(6-15-17)13(20)16-4-5-18(23(2,21)22)9-11(7-16)12(14)19/h6,8,11H,3-5,7,9H2,1-2H3,(H2,14,19). The van der Waals surface area contributed by atoms with E-state index in [1.807, 2.05) is 6.92 Å². The number of hydrogen-bond acceptors (Lipinski definition) is 5. The van der Waals surface area contributed by atoms with Crippen molar-refractivity contribution in [3.05, 3.63) is 18.0 Å². The van der Waals surface area contributed by atoms with Crippen LogP contribution in [0.15, 0.2) is 12.4 Å². The van der Waals surface area contributed by atoms with Crippen LogP contribution in [0.5, 0.6) is 0 Å². The molecule has 1 fully saturated rings. The Bertz CT molecular complexity index is 699. The van der Waals surface area contributed by atoms with Crippen molar-refractivity contribution in [1.29, 1.82) is 0 Å². The van der Waals surface area contributed by atoms with Gasteiger partial charge in [0, 0.05) is 38.9 Å². The predicted molar refractivity (Wildman–Crippen MR) is 82.9 cm³/mol. The topological polar surface area (TPSA) is 119 Å². The zero-order chi connectivity index (χ0) is 17.2. The van der Waals surface area contributed by atoms with Gasteiger partial charge in [-0.3, -0.25) is 14.3 Å². The largest absolute Gasteiger partial charge is 0.369 e. The van der Waals surface area contributed by atoms with E-state index in [0.29, 0.717) is 12.1 Å². The first kappa shape index (κ1) is 17.4. The van der Waals surface area contributed by atoms with Crippen LogP contribution in [0.2, 0.25) is 0 Å². The van der Waals surface area contributed by atoms with E-state index in [1.165, 1.54) is 15.4 Å². The third kappa shape index (κ3) is 4.08. The molecule has 23 heavy (non-hydrogen) atoms. The zero-order valence-corrected chi connectivity index (χ0v) is 14.0. The average Bonchev–Trinajstić information content (AvgIpc) is 2.82. The summed E-state index contributed by atoms with van der Waals surface area (Å²) >= 11 is 0. The highest BCUT2D eigenvalue weighted by atomic mass is 32.2. The minimum atomic E-state index is -3.46. The van der Waals surface area contributed by atoms with Crippen LogP contribution in [0.4, 0.5) is 0 Å². The smallest absolute Gasteiger partial charge is 0.257 e. The van der Waals surface area contributed by atoms with E-state index in [9.17, 15) is 18.0 Å². The number of sulfonamides is 1. The van der Waals surface area contributed by atoms with E-state index in [2.05, 4.69) is 5.10 Å². The molecule has 10 heteroatoms. The first-order chi connectivity index (χ1) is 10.7. The maximum Gasteiger partial charge on any atom is 0.257 e. The SMILES string of the molecule is CCn1cc(C(=O)N2CCN(S(C)(=O)=O)CC(C(N)=O)C2)cn1. The van der Waals surface area contributed by atoms with Crippen LogP contribution >= 0.6 is 0 Å². The summed E-state index contributed by atoms with van der Waals surface area (Å²) in [5.74, 6) is -1.65. The van der Waals surface area contributed by atoms with Crippen molar-refractivity contribution < 1.29 is 18.0 Å². The summed E-state index contributed by atoms with van der Waals surface area (Å²) in [6.07, 6.45) is 4.17. The molecule has 1 saturated heterocycles. The summed E-state index contributed by atoms with van der Waals surface area (Å²) in [5.41, 5.74) is 5.76. The van der Waals surface area contributed by atoms with Crippen molar-refractivity contribution in [3.63, 3.8) is 0 Å². The van der Waals surface area contributed by atoms with E-state index in [0.717, 1.165) is 6.26 Å². The number of nitrogens with two attached hydrogens (primary N) is 1. The highest BCUT2D eigenvalue weighted by Crippen LogP contribution is 2.15. The monoisotopic (exact) mass is 343 g/mol. The molecule has 0 bridgehead atoms. The van der Waals surface area contributed by atoms with Gasteiger partial charge < -0.3 is 10.6 Å². The summed E-state index contributed by atoms with van der Waals surface area (Å²) in [5, 5.41) is 4.05. The Kier molecular flexibility index (Phi) is 5.05. The van der Waals surface area contributed by atoms with Gasteiger partial charge in [0.1, 0.15) is 0 Å². The van der Waals surface area contributed by atoms with Gasteiger partial charge >= 0.3 is 0 Å². The maximum atomic E-state index is 12.6. The lowest BCUT2D eigenvalue weighted by atomic mass is 10.1. The van der Waals surface area contributed by atoms with Gasteiger partial charge in [-0.15, -0.1) is 0 Å². The first-order valence-corrected chi connectivity index (χ1v) is 9.13. The molecule has 2 heterocycles. The van der Waals surface area contributed by atoms with Crippen molar-refractivity contribution in [3.8, 4) is 0 Å². The Morgan fingerprint density at radius 3 is 2.57 bits per heavy atom. The second kappa shape index (κ2) is 6.67. The summed E-state index contributed by atoms with van der Waals surface area (Å²) in [6, 6.07) is 0. The average molecular weight is 343 g/mol. The molecule has 1 aromatic heterocycles. The number of carbonyl (C=O) groups excluding carboxylic acids is 2. The number of primary amides is 1. The summed E-state index contributed by atoms with van der Waals surface area (Å²) in [7, 11) is -3.46. The third-order valence-electron chi connectivity index (χ3n) is 3.85. The van der Waals surface area contributed by atoms with E-state index < -0.39 is 21.8 Å². The van der Waals surface area contributed by atoms with Gasteiger partial charge in [-0.2, -0.15) is 9.40 Å². The van der Waals surface area contributed by atoms with Gasteiger partial charge in [0.05, 0.1) is 23.9 Å². The van der Waals surface area contributed by atoms with Gasteiger partial charge in [-0.1, -0.05) is 0 Å². The maximum absolute atomic E-state index is 12.6. The fraction of sp³-hybridized carbons (Fsp3) is 0.615. The van der Waals surface area contributed by atoms with E-state index in [-0.39, 0.29) is 32.1 Å². The summed E-state index contributed by atoms with van der Waals surface area (Å²) in [4.78, 5) is 25.6. The van der Waals surface area contributed by atoms with Gasteiger partial charge in [-0.25, -0.2) is 8.42 Å². The molecule has 1 atom stereocenters. The normalized spacial score (nSPS) is 20.3. The van der Waals surface area contributed by atoms with Gasteiger partial charge in [0.2, 0.25) is 15.9 Å². The molecule has 0 aromatic carbocycles. The number of amides is 2. The fourth-order valence-electron chi connectivity index (χ4n) is 2.48. The minimum absolute atomic E-state index is 0.00777. The zero-order valence-electron chi connectivity index (χ0n) is 13.2. The van der Waals surface area contributed by atoms with Crippen molar-refractivity contribution >= 4 is 21.8 Å². The molecular weight excluding hydrogens is 322 g/mol. The van der Waals surface area contributed by atoms with Gasteiger partial charge in [-0.05, 0) is 6.92 Å². The predicted octanol–water partition coefficient (Wildman–Crippen LogP) is -1.28. The van der Waals surface area contributed by atoms with Crippen molar-refractivity contribution in [2.45, 2.75) is 13.5 Å². The molecule has 1 aromatic rings. The summed E-state index contributed by atoms with van der Waals surface area (Å²) in [6.45, 7) is 2.96. The molecule has 128 valence electrons. The highest BCUT2D eigenvalue weighted by Gasteiger charge is 2.32. The molecule has 1 unspecified atom stereocenters. The van der Waals surface area contributed by atoms with Crippen LogP contribution in [0.1, 0.15) is 17.3 Å². The molecular formula is C13H21N5O4S. The summed E-state index contributed by atoms with van der Waals surface area (Å²) < 4.78 is 26.3. The Labute approximate surface area is 135 Å². The van der Waals surface area contributed by atoms with Crippen LogP contribution in [-0.4, -0.2) is 71.7 Å². The quantitative estimate of drug-likeness (QED) is 0.730. The second-order valence-electron chi connectivity index (χ2n) is 5.56. The fourth-order valence-corrected chi connectivity index (χ4v) is 3.34. The molecule has 2 amide bonds. The molecule has 2 rings (SSSR count). The first-order valence-electron chi connectivity index (χ1n) is 7.28. The van der Waals surface area contributed by atoms with Crippen molar-refractivity contribution in [2.24, 2.45) is 11.7 Å². The van der Waals surface area contributed by atoms with Crippen LogP contribution in [0.25, 0.3) is 0 Å². The Balaban J connectivity index is 2.22. The van der Waals surface area contributed by atoms with Crippen LogP contribution in [0.3, 0.4) is 0 Å². The molecule has 0 saturated carbocycles. The number of nitrogens with zero attached hydrogens (tertiary/aromatic N) is 4. The van der Waals surface area contributed by atoms with Gasteiger partial charge in [0.25, 0.3) is 5.91 Å². The molecule has 0 radical (unpaired) electrons. The Morgan fingerprint density at radius 1 is 1.35 bits per heavy atom. The van der Waals surface area contributed by atoms with Crippen LogP contribution < -0.4 is 5.73 Å². The number of aromatic nitrogens is 2. The van der Waals surface area contributed by atoms with Crippen molar-refractivity contribution in [2.75, 3.05) is 32.4 Å². The molecule has 1 aliphatic heterocycles. The van der Waals surface area contributed by atoms with E-state index >= 15 is 0 Å². The Morgan fingerprint density at radius 2 is 2.04 bits per heavy atom. The van der Waals surface area contributed by atoms with E-state index in [4.69, 9.17) is 5.73 Å². The van der Waals surface area contributed by atoms with Crippen LogP contribution in [0, 0.1) is 5.92 Å². The lowest BCUT2D eigenvalue weighted by molar-refractivity contribution is -0.122. The number of hydrogen-bond donors (Lipinski definition) is 1. The lowest BCUT2D eigenvalue weighted by Crippen LogP contribution is -2.41. The Hall–Kier alpha value is -1.94. The van der Waals surface area contributed by atoms with Crippen molar-refractivity contribution in [1.82, 2.24) is 19.0 Å². The number of carbonyl (C=O) groups is 2. The second-order valence-corrected chi connectivity index (χ2v) is 7.54.